The Morgan fingerprint density at radius 1 is 0.706 bits per heavy atom. The predicted molar refractivity (Wildman–Crippen MR) is 134 cm³/mol. The quantitative estimate of drug-likeness (QED) is 0.198. The van der Waals surface area contributed by atoms with Crippen LogP contribution in [-0.4, -0.2) is 12.9 Å². The van der Waals surface area contributed by atoms with Gasteiger partial charge >= 0.3 is 0 Å². The van der Waals surface area contributed by atoms with Gasteiger partial charge in [0.05, 0.1) is 7.11 Å². The molecule has 0 amide bonds. The summed E-state index contributed by atoms with van der Waals surface area (Å²) in [5, 5.41) is 0. The fraction of sp³-hybridized carbons (Fsp3) is 0.100. The second-order valence-corrected chi connectivity index (χ2v) is 7.67. The van der Waals surface area contributed by atoms with Crippen LogP contribution in [0.15, 0.2) is 109 Å². The molecule has 0 aliphatic carbocycles. The number of ether oxygens (including phenoxy) is 3. The van der Waals surface area contributed by atoms with E-state index < -0.39 is 0 Å². The summed E-state index contributed by atoms with van der Waals surface area (Å²) in [6.07, 6.45) is 3.32. The van der Waals surface area contributed by atoms with E-state index >= 15 is 0 Å². The zero-order valence-electron chi connectivity index (χ0n) is 19.0. The summed E-state index contributed by atoms with van der Waals surface area (Å²) in [6.45, 7) is 0.875. The Morgan fingerprint density at radius 2 is 1.29 bits per heavy atom. The lowest BCUT2D eigenvalue weighted by molar-refractivity contribution is 0.104. The highest BCUT2D eigenvalue weighted by molar-refractivity contribution is 6.07. The Morgan fingerprint density at radius 3 is 1.91 bits per heavy atom. The van der Waals surface area contributed by atoms with Crippen molar-refractivity contribution in [2.45, 2.75) is 13.2 Å². The van der Waals surface area contributed by atoms with Gasteiger partial charge in [-0.25, -0.2) is 0 Å². The Balaban J connectivity index is 1.52. The number of hydrogen-bond acceptors (Lipinski definition) is 4. The van der Waals surface area contributed by atoms with Crippen LogP contribution in [-0.2, 0) is 13.2 Å². The molecule has 0 heterocycles. The first-order valence-electron chi connectivity index (χ1n) is 11.1. The van der Waals surface area contributed by atoms with E-state index in [0.717, 1.165) is 16.7 Å². The Labute approximate surface area is 200 Å². The number of hydrogen-bond donors (Lipinski definition) is 0. The van der Waals surface area contributed by atoms with Crippen LogP contribution in [0.3, 0.4) is 0 Å². The Bertz CT molecular complexity index is 1230. The largest absolute Gasteiger partial charge is 0.497 e. The van der Waals surface area contributed by atoms with E-state index in [9.17, 15) is 4.79 Å². The van der Waals surface area contributed by atoms with Gasteiger partial charge in [-0.2, -0.15) is 0 Å². The maximum atomic E-state index is 12.6. The smallest absolute Gasteiger partial charge is 0.185 e. The monoisotopic (exact) mass is 450 g/mol. The molecule has 0 bridgehead atoms. The minimum atomic E-state index is -0.0962. The molecule has 0 aliphatic rings. The third-order valence-electron chi connectivity index (χ3n) is 5.26. The van der Waals surface area contributed by atoms with Crippen molar-refractivity contribution >= 4 is 11.9 Å². The molecule has 0 atom stereocenters. The van der Waals surface area contributed by atoms with Gasteiger partial charge in [0.2, 0.25) is 0 Å². The topological polar surface area (TPSA) is 44.8 Å². The highest BCUT2D eigenvalue weighted by atomic mass is 16.5. The lowest BCUT2D eigenvalue weighted by Gasteiger charge is -2.13. The maximum Gasteiger partial charge on any atom is 0.185 e. The molecule has 4 nitrogen and oxygen atoms in total. The van der Waals surface area contributed by atoms with Crippen molar-refractivity contribution < 1.29 is 19.0 Å². The van der Waals surface area contributed by atoms with Crippen molar-refractivity contribution in [1.29, 1.82) is 0 Å². The van der Waals surface area contributed by atoms with Crippen LogP contribution in [0.5, 0.6) is 17.2 Å². The molecule has 0 saturated heterocycles. The molecule has 0 aromatic heterocycles. The fourth-order valence-electron chi connectivity index (χ4n) is 3.36. The van der Waals surface area contributed by atoms with Crippen molar-refractivity contribution in [2.75, 3.05) is 7.11 Å². The molecule has 4 heteroatoms. The van der Waals surface area contributed by atoms with Gasteiger partial charge in [0, 0.05) is 17.2 Å². The van der Waals surface area contributed by atoms with Gasteiger partial charge in [-0.3, -0.25) is 4.79 Å². The van der Waals surface area contributed by atoms with Gasteiger partial charge in [-0.05, 0) is 59.7 Å². The molecular weight excluding hydrogens is 424 g/mol. The number of rotatable bonds is 10. The molecule has 170 valence electrons. The van der Waals surface area contributed by atoms with E-state index in [-0.39, 0.29) is 5.78 Å². The van der Waals surface area contributed by atoms with Crippen LogP contribution in [0.25, 0.3) is 6.08 Å². The number of carbonyl (C=O) groups excluding carboxylic acids is 1. The lowest BCUT2D eigenvalue weighted by atomic mass is 10.1. The van der Waals surface area contributed by atoms with Gasteiger partial charge < -0.3 is 14.2 Å². The van der Waals surface area contributed by atoms with E-state index in [2.05, 4.69) is 0 Å². The predicted octanol–water partition coefficient (Wildman–Crippen LogP) is 6.75. The third kappa shape index (κ3) is 6.36. The molecule has 0 radical (unpaired) electrons. The van der Waals surface area contributed by atoms with Crippen LogP contribution in [0.1, 0.15) is 27.0 Å². The molecular formula is C30H26O4. The molecule has 0 aliphatic heterocycles. The fourth-order valence-corrected chi connectivity index (χ4v) is 3.36. The molecule has 4 rings (SSSR count). The number of allylic oxidation sites excluding steroid dienone is 1. The molecule has 4 aromatic carbocycles. The maximum absolute atomic E-state index is 12.6. The zero-order chi connectivity index (χ0) is 23.6. The Kier molecular flexibility index (Phi) is 7.75. The molecule has 0 saturated carbocycles. The number of ketones is 1. The van der Waals surface area contributed by atoms with Gasteiger partial charge in [-0.1, -0.05) is 60.7 Å². The van der Waals surface area contributed by atoms with Crippen molar-refractivity contribution in [3.05, 3.63) is 131 Å². The summed E-state index contributed by atoms with van der Waals surface area (Å²) in [6, 6.07) is 32.6. The van der Waals surface area contributed by atoms with Crippen molar-refractivity contribution in [2.24, 2.45) is 0 Å². The summed E-state index contributed by atoms with van der Waals surface area (Å²) in [5.74, 6) is 1.96. The summed E-state index contributed by atoms with van der Waals surface area (Å²) in [7, 11) is 1.60. The van der Waals surface area contributed by atoms with Crippen LogP contribution in [0.4, 0.5) is 0 Å². The average molecular weight is 451 g/mol. The highest BCUT2D eigenvalue weighted by Gasteiger charge is 2.08. The molecule has 4 aromatic rings. The molecule has 0 N–H and O–H groups in total. The first-order valence-corrected chi connectivity index (χ1v) is 11.1. The minimum absolute atomic E-state index is 0.0962. The SMILES string of the molecule is COc1ccc(C(=O)/C=C/c2ccc(OCc3ccccc3)cc2OCc2ccccc2)cc1. The first kappa shape index (κ1) is 22.9. The molecule has 0 fully saturated rings. The van der Waals surface area contributed by atoms with Crippen molar-refractivity contribution in [1.82, 2.24) is 0 Å². The minimum Gasteiger partial charge on any atom is -0.497 e. The summed E-state index contributed by atoms with van der Waals surface area (Å²) in [4.78, 5) is 12.6. The second-order valence-electron chi connectivity index (χ2n) is 7.67. The van der Waals surface area contributed by atoms with E-state index in [1.807, 2.05) is 78.9 Å². The van der Waals surface area contributed by atoms with Gasteiger partial charge in [0.1, 0.15) is 30.5 Å². The van der Waals surface area contributed by atoms with Gasteiger partial charge in [0.15, 0.2) is 5.78 Å². The summed E-state index contributed by atoms with van der Waals surface area (Å²) >= 11 is 0. The highest BCUT2D eigenvalue weighted by Crippen LogP contribution is 2.28. The van der Waals surface area contributed by atoms with Crippen LogP contribution >= 0.6 is 0 Å². The van der Waals surface area contributed by atoms with E-state index in [1.165, 1.54) is 0 Å². The Hall–Kier alpha value is -4.31. The standard InChI is InChI=1S/C30H26O4/c1-32-27-16-12-25(13-17-27)29(31)19-15-26-14-18-28(33-21-23-8-4-2-5-9-23)20-30(26)34-22-24-10-6-3-7-11-24/h2-20H,21-22H2,1H3/b19-15+. The normalized spacial score (nSPS) is 10.7. The average Bonchev–Trinajstić information content (AvgIpc) is 2.91. The number of methoxy groups -OCH3 is 1. The molecule has 0 unspecified atom stereocenters. The first-order chi connectivity index (χ1) is 16.7. The zero-order valence-corrected chi connectivity index (χ0v) is 19.0. The van der Waals surface area contributed by atoms with E-state index in [1.54, 1.807) is 43.5 Å². The third-order valence-corrected chi connectivity index (χ3v) is 5.26. The molecule has 0 spiro atoms. The van der Waals surface area contributed by atoms with Crippen molar-refractivity contribution in [3.8, 4) is 17.2 Å². The van der Waals surface area contributed by atoms with Gasteiger partial charge in [0.25, 0.3) is 0 Å². The van der Waals surface area contributed by atoms with Crippen LogP contribution in [0, 0.1) is 0 Å². The number of benzene rings is 4. The molecule has 34 heavy (non-hydrogen) atoms. The van der Waals surface area contributed by atoms with Crippen LogP contribution < -0.4 is 14.2 Å². The van der Waals surface area contributed by atoms with E-state index in [4.69, 9.17) is 14.2 Å². The lowest BCUT2D eigenvalue weighted by Crippen LogP contribution is -2.00. The number of carbonyl (C=O) groups is 1. The van der Waals surface area contributed by atoms with E-state index in [0.29, 0.717) is 36.0 Å². The van der Waals surface area contributed by atoms with Crippen LogP contribution in [0.2, 0.25) is 0 Å². The van der Waals surface area contributed by atoms with Crippen molar-refractivity contribution in [3.63, 3.8) is 0 Å². The van der Waals surface area contributed by atoms with Gasteiger partial charge in [-0.15, -0.1) is 0 Å². The summed E-state index contributed by atoms with van der Waals surface area (Å²) in [5.41, 5.74) is 3.53. The summed E-state index contributed by atoms with van der Waals surface area (Å²) < 4.78 is 17.3. The second kappa shape index (κ2) is 11.5.